The molecule has 2 saturated heterocycles. The molecular formula is C40H48N8O8. The van der Waals surface area contributed by atoms with E-state index in [0.29, 0.717) is 24.6 Å². The molecule has 0 spiro atoms. The number of nitrogens with one attached hydrogen (secondary N) is 4. The number of aliphatic hydroxyl groups excluding tert-OH is 2. The molecule has 16 heteroatoms. The molecule has 4 amide bonds. The monoisotopic (exact) mass is 768 g/mol. The topological polar surface area (TPSA) is 215 Å². The van der Waals surface area contributed by atoms with Crippen LogP contribution in [0.3, 0.4) is 0 Å². The van der Waals surface area contributed by atoms with E-state index in [0.717, 1.165) is 59.3 Å². The molecule has 2 aliphatic heterocycles. The number of alkyl carbamates (subject to hydrolysis) is 2. The number of likely N-dealkylation sites (tertiary alicyclic amines) is 2. The van der Waals surface area contributed by atoms with Gasteiger partial charge in [-0.25, -0.2) is 19.6 Å². The smallest absolute Gasteiger partial charge is 0.407 e. The maximum Gasteiger partial charge on any atom is 0.407 e. The van der Waals surface area contributed by atoms with Crippen molar-refractivity contribution in [2.24, 2.45) is 5.92 Å². The predicted octanol–water partition coefficient (Wildman–Crippen LogP) is 4.06. The number of aromatic nitrogens is 4. The van der Waals surface area contributed by atoms with Crippen LogP contribution in [0.1, 0.15) is 69.7 Å². The minimum Gasteiger partial charge on any atom is -0.453 e. The Labute approximate surface area is 324 Å². The minimum atomic E-state index is -1.14. The number of methoxy groups -OCH3 is 2. The average Bonchev–Trinajstić information content (AvgIpc) is 4.06. The Kier molecular flexibility index (Phi) is 11.1. The standard InChI is InChI=1S/C40H48N8O8/c1-21(49)32(45-39(53)55-3)37(51)47-17-5-6-31(47)35-41-19-29(43-35)25-11-7-23(8-12-25)24-9-13-26(14-10-24)30-20-42-36(44-30)34-27-15-16-28(18-27)48(34)38(52)33(22(2)50)46-40(54)56-4/h7-14,19-22,27-28,31-34,49-50H,5-6,15-18H2,1-4H3,(H,41,43)(H,42,44)(H,45,53)(H,46,54)/t21-,22+,27+,28+,31+,32-,33+,34-/m1/s1. The summed E-state index contributed by atoms with van der Waals surface area (Å²) in [6.45, 7) is 3.40. The molecule has 0 radical (unpaired) electrons. The van der Waals surface area contributed by atoms with Crippen molar-refractivity contribution in [2.45, 2.75) is 88.4 Å². The van der Waals surface area contributed by atoms with Crippen LogP contribution in [-0.4, -0.2) is 115 Å². The summed E-state index contributed by atoms with van der Waals surface area (Å²) < 4.78 is 9.34. The number of fused-ring (bicyclic) bond motifs is 2. The van der Waals surface area contributed by atoms with Gasteiger partial charge in [-0.05, 0) is 74.1 Å². The summed E-state index contributed by atoms with van der Waals surface area (Å²) in [5.74, 6) is 0.785. The van der Waals surface area contributed by atoms with Gasteiger partial charge in [0.15, 0.2) is 0 Å². The summed E-state index contributed by atoms with van der Waals surface area (Å²) in [7, 11) is 2.42. The first-order valence-electron chi connectivity index (χ1n) is 19.0. The lowest BCUT2D eigenvalue weighted by Gasteiger charge is -2.37. The molecule has 16 nitrogen and oxygen atoms in total. The van der Waals surface area contributed by atoms with Crippen molar-refractivity contribution in [1.29, 1.82) is 0 Å². The van der Waals surface area contributed by atoms with Crippen molar-refractivity contribution in [1.82, 2.24) is 40.4 Å². The number of aliphatic hydroxyl groups is 2. The second-order valence-corrected chi connectivity index (χ2v) is 14.8. The molecule has 2 bridgehead atoms. The number of aromatic amines is 2. The van der Waals surface area contributed by atoms with Gasteiger partial charge in [0.05, 0.1) is 62.3 Å². The van der Waals surface area contributed by atoms with Crippen molar-refractivity contribution in [3.05, 3.63) is 72.6 Å². The van der Waals surface area contributed by atoms with E-state index >= 15 is 0 Å². The van der Waals surface area contributed by atoms with E-state index in [1.165, 1.54) is 28.1 Å². The quantitative estimate of drug-likeness (QED) is 0.129. The van der Waals surface area contributed by atoms with Gasteiger partial charge in [0, 0.05) is 12.6 Å². The summed E-state index contributed by atoms with van der Waals surface area (Å²) in [6.07, 6.45) is 3.86. The summed E-state index contributed by atoms with van der Waals surface area (Å²) in [4.78, 5) is 70.5. The molecule has 2 aromatic carbocycles. The van der Waals surface area contributed by atoms with Crippen LogP contribution in [0.2, 0.25) is 0 Å². The van der Waals surface area contributed by atoms with Gasteiger partial charge >= 0.3 is 12.2 Å². The number of hydrogen-bond donors (Lipinski definition) is 6. The van der Waals surface area contributed by atoms with E-state index < -0.39 is 42.4 Å². The Morgan fingerprint density at radius 1 is 0.732 bits per heavy atom. The molecule has 4 aromatic rings. The van der Waals surface area contributed by atoms with Crippen LogP contribution in [0.25, 0.3) is 33.6 Å². The Balaban J connectivity index is 1.02. The number of imidazole rings is 2. The third-order valence-corrected chi connectivity index (χ3v) is 11.3. The molecule has 3 fully saturated rings. The molecule has 3 aliphatic rings. The number of hydrogen-bond acceptors (Lipinski definition) is 10. The van der Waals surface area contributed by atoms with Gasteiger partial charge in [-0.15, -0.1) is 0 Å². The van der Waals surface area contributed by atoms with Crippen molar-refractivity contribution in [2.75, 3.05) is 20.8 Å². The molecule has 4 heterocycles. The Morgan fingerprint density at radius 2 is 1.23 bits per heavy atom. The number of nitrogens with zero attached hydrogens (tertiary/aromatic N) is 4. The largest absolute Gasteiger partial charge is 0.453 e. The lowest BCUT2D eigenvalue weighted by atomic mass is 9.97. The Bertz CT molecular complexity index is 2040. The van der Waals surface area contributed by atoms with Crippen LogP contribution in [-0.2, 0) is 19.1 Å². The highest BCUT2D eigenvalue weighted by molar-refractivity contribution is 5.88. The number of piperidine rings is 1. The lowest BCUT2D eigenvalue weighted by Crippen LogP contribution is -2.56. The van der Waals surface area contributed by atoms with E-state index in [1.807, 2.05) is 48.5 Å². The highest BCUT2D eigenvalue weighted by Crippen LogP contribution is 2.50. The van der Waals surface area contributed by atoms with E-state index in [9.17, 15) is 29.4 Å². The van der Waals surface area contributed by atoms with Crippen molar-refractivity contribution in [3.63, 3.8) is 0 Å². The van der Waals surface area contributed by atoms with Crippen LogP contribution in [0, 0.1) is 5.92 Å². The number of H-pyrrole nitrogens is 2. The van der Waals surface area contributed by atoms with E-state index in [-0.39, 0.29) is 30.0 Å². The van der Waals surface area contributed by atoms with Gasteiger partial charge in [-0.2, -0.15) is 0 Å². The maximum absolute atomic E-state index is 13.7. The molecule has 1 saturated carbocycles. The van der Waals surface area contributed by atoms with Crippen molar-refractivity contribution < 1.29 is 38.9 Å². The average molecular weight is 769 g/mol. The van der Waals surface area contributed by atoms with Gasteiger partial charge in [0.1, 0.15) is 23.7 Å². The van der Waals surface area contributed by atoms with Gasteiger partial charge < -0.3 is 50.1 Å². The zero-order valence-corrected chi connectivity index (χ0v) is 31.8. The highest BCUT2D eigenvalue weighted by Gasteiger charge is 2.51. The van der Waals surface area contributed by atoms with Crippen LogP contribution in [0.5, 0.6) is 0 Å². The van der Waals surface area contributed by atoms with Crippen LogP contribution in [0.4, 0.5) is 9.59 Å². The summed E-state index contributed by atoms with van der Waals surface area (Å²) >= 11 is 0. The summed E-state index contributed by atoms with van der Waals surface area (Å²) in [5.41, 5.74) is 5.51. The van der Waals surface area contributed by atoms with Crippen LogP contribution in [0.15, 0.2) is 60.9 Å². The molecule has 296 valence electrons. The minimum absolute atomic E-state index is 0.00810. The number of carbonyl (C=O) groups excluding carboxylic acids is 4. The fourth-order valence-corrected chi connectivity index (χ4v) is 8.43. The second-order valence-electron chi connectivity index (χ2n) is 14.8. The van der Waals surface area contributed by atoms with E-state index in [4.69, 9.17) is 9.72 Å². The molecule has 6 N–H and O–H groups in total. The van der Waals surface area contributed by atoms with E-state index in [1.54, 1.807) is 22.2 Å². The SMILES string of the molecule is COC(=O)N[C@H](C(=O)N1[C@H]2CC[C@@H](C2)[C@@H]1c1ncc(-c2ccc(-c3ccc(-c4cnc([C@@H]5CCCN5C(=O)[C@H](NC(=O)OC)[C@@H](C)O)[nH]4)cc3)cc2)[nH]1)[C@H](C)O. The molecule has 2 aromatic heterocycles. The van der Waals surface area contributed by atoms with Gasteiger partial charge in [-0.3, -0.25) is 9.59 Å². The number of benzene rings is 2. The molecule has 8 atom stereocenters. The first kappa shape index (κ1) is 38.5. The number of rotatable bonds is 11. The van der Waals surface area contributed by atoms with Crippen molar-refractivity contribution in [3.8, 4) is 33.6 Å². The first-order valence-corrected chi connectivity index (χ1v) is 19.0. The van der Waals surface area contributed by atoms with Crippen LogP contribution < -0.4 is 10.6 Å². The molecule has 0 unspecified atom stereocenters. The molecule has 56 heavy (non-hydrogen) atoms. The van der Waals surface area contributed by atoms with E-state index in [2.05, 4.69) is 30.3 Å². The van der Waals surface area contributed by atoms with Crippen molar-refractivity contribution >= 4 is 24.0 Å². The summed E-state index contributed by atoms with van der Waals surface area (Å²) in [6, 6.07) is 13.3. The predicted molar refractivity (Wildman–Crippen MR) is 203 cm³/mol. The molecular weight excluding hydrogens is 720 g/mol. The van der Waals surface area contributed by atoms with Gasteiger partial charge in [-0.1, -0.05) is 48.5 Å². The second kappa shape index (κ2) is 16.2. The third kappa shape index (κ3) is 7.58. The summed E-state index contributed by atoms with van der Waals surface area (Å²) in [5, 5.41) is 25.5. The maximum atomic E-state index is 13.7. The Morgan fingerprint density at radius 3 is 1.77 bits per heavy atom. The highest BCUT2D eigenvalue weighted by atomic mass is 16.5. The molecule has 7 rings (SSSR count). The zero-order valence-electron chi connectivity index (χ0n) is 31.8. The molecule has 1 aliphatic carbocycles. The fraction of sp³-hybridized carbons (Fsp3) is 0.450. The lowest BCUT2D eigenvalue weighted by molar-refractivity contribution is -0.140. The normalized spacial score (nSPS) is 22.3. The van der Waals surface area contributed by atoms with Crippen LogP contribution >= 0.6 is 0 Å². The Hall–Kier alpha value is -5.74. The third-order valence-electron chi connectivity index (χ3n) is 11.3. The zero-order chi connectivity index (χ0) is 39.7. The fourth-order valence-electron chi connectivity index (χ4n) is 8.43. The van der Waals surface area contributed by atoms with Gasteiger partial charge in [0.25, 0.3) is 0 Å². The number of carbonyl (C=O) groups is 4. The number of ether oxygens (including phenoxy) is 2. The van der Waals surface area contributed by atoms with Gasteiger partial charge in [0.2, 0.25) is 11.8 Å². The first-order chi connectivity index (χ1) is 27.0. The number of amides is 4.